The molecular weight excluding hydrogens is 391 g/mol. The minimum atomic E-state index is -2.25. The van der Waals surface area contributed by atoms with Crippen molar-refractivity contribution in [3.05, 3.63) is 94.3 Å². The van der Waals surface area contributed by atoms with Crippen molar-refractivity contribution < 1.29 is 26.7 Å². The Morgan fingerprint density at radius 2 is 1.34 bits per heavy atom. The van der Waals surface area contributed by atoms with Crippen LogP contribution in [0.5, 0.6) is 0 Å². The van der Waals surface area contributed by atoms with E-state index in [1.807, 2.05) is 0 Å². The summed E-state index contributed by atoms with van der Waals surface area (Å²) in [5, 5.41) is 2.36. The number of amides is 1. The first-order valence-corrected chi connectivity index (χ1v) is 8.59. The molecule has 8 heteroatoms. The van der Waals surface area contributed by atoms with Crippen molar-refractivity contribution in [1.29, 1.82) is 0 Å². The van der Waals surface area contributed by atoms with Gasteiger partial charge in [0, 0.05) is 16.8 Å². The van der Waals surface area contributed by atoms with Crippen LogP contribution in [0.25, 0.3) is 0 Å². The molecule has 1 amide bonds. The molecule has 148 valence electrons. The summed E-state index contributed by atoms with van der Waals surface area (Å²) in [7, 11) is 0. The van der Waals surface area contributed by atoms with E-state index in [2.05, 4.69) is 5.32 Å². The number of benzene rings is 3. The van der Waals surface area contributed by atoms with Crippen LogP contribution in [0.3, 0.4) is 0 Å². The van der Waals surface area contributed by atoms with Gasteiger partial charge in [-0.1, -0.05) is 36.4 Å². The van der Waals surface area contributed by atoms with Gasteiger partial charge in [0.2, 0.25) is 5.82 Å². The lowest BCUT2D eigenvalue weighted by Crippen LogP contribution is -2.33. The van der Waals surface area contributed by atoms with E-state index in [1.165, 1.54) is 11.0 Å². The van der Waals surface area contributed by atoms with E-state index in [9.17, 15) is 26.7 Å². The van der Waals surface area contributed by atoms with Gasteiger partial charge in [0.1, 0.15) is 11.9 Å². The second-order valence-corrected chi connectivity index (χ2v) is 6.54. The zero-order valence-corrected chi connectivity index (χ0v) is 14.9. The second-order valence-electron chi connectivity index (χ2n) is 6.54. The normalized spacial score (nSPS) is 15.6. The lowest BCUT2D eigenvalue weighted by molar-refractivity contribution is 0.0992. The molecule has 4 rings (SSSR count). The molecule has 0 saturated carbocycles. The molecule has 0 spiro atoms. The molecule has 0 fully saturated rings. The van der Waals surface area contributed by atoms with Gasteiger partial charge in [-0.25, -0.2) is 22.0 Å². The predicted molar refractivity (Wildman–Crippen MR) is 97.0 cm³/mol. The van der Waals surface area contributed by atoms with Crippen molar-refractivity contribution in [3.8, 4) is 0 Å². The average molecular weight is 404 g/mol. The van der Waals surface area contributed by atoms with Crippen LogP contribution in [0.4, 0.5) is 33.3 Å². The molecule has 0 aromatic heterocycles. The molecule has 0 saturated heterocycles. The third-order valence-electron chi connectivity index (χ3n) is 4.83. The van der Waals surface area contributed by atoms with Gasteiger partial charge in [0.15, 0.2) is 23.3 Å². The average Bonchev–Trinajstić information content (AvgIpc) is 3.00. The van der Waals surface area contributed by atoms with Gasteiger partial charge in [0.25, 0.3) is 5.91 Å². The lowest BCUT2D eigenvalue weighted by Gasteiger charge is -2.28. The van der Waals surface area contributed by atoms with Gasteiger partial charge < -0.3 is 5.32 Å². The van der Waals surface area contributed by atoms with E-state index in [0.29, 0.717) is 16.8 Å². The molecule has 1 heterocycles. The number of carbonyl (C=O) groups excluding carboxylic acids is 1. The van der Waals surface area contributed by atoms with Crippen LogP contribution in [0.1, 0.15) is 27.7 Å². The lowest BCUT2D eigenvalue weighted by atomic mass is 10.1. The van der Waals surface area contributed by atoms with E-state index in [0.717, 1.165) is 0 Å². The Labute approximate surface area is 162 Å². The Morgan fingerprint density at radius 3 is 2.00 bits per heavy atom. The number of para-hydroxylation sites is 1. The summed E-state index contributed by atoms with van der Waals surface area (Å²) in [5.41, 5.74) is 0.546. The zero-order valence-electron chi connectivity index (χ0n) is 14.9. The highest BCUT2D eigenvalue weighted by Crippen LogP contribution is 2.40. The summed E-state index contributed by atoms with van der Waals surface area (Å²) in [4.78, 5) is 14.2. The third-order valence-corrected chi connectivity index (χ3v) is 4.83. The minimum Gasteiger partial charge on any atom is -0.356 e. The Kier molecular flexibility index (Phi) is 4.49. The van der Waals surface area contributed by atoms with E-state index in [4.69, 9.17) is 0 Å². The molecule has 3 aromatic rings. The number of rotatable bonds is 3. The number of fused-ring (bicyclic) bond motifs is 1. The summed E-state index contributed by atoms with van der Waals surface area (Å²) in [6, 6.07) is 13.1. The fourth-order valence-corrected chi connectivity index (χ4v) is 3.41. The summed E-state index contributed by atoms with van der Waals surface area (Å²) in [6.45, 7) is 1.74. The molecule has 1 aliphatic heterocycles. The van der Waals surface area contributed by atoms with E-state index in [1.54, 1.807) is 49.4 Å². The van der Waals surface area contributed by atoms with Gasteiger partial charge >= 0.3 is 0 Å². The maximum absolute atomic E-state index is 14.3. The highest BCUT2D eigenvalue weighted by atomic mass is 19.2. The Balaban J connectivity index is 1.89. The number of anilines is 2. The first-order chi connectivity index (χ1) is 13.8. The molecule has 29 heavy (non-hydrogen) atoms. The fraction of sp³-hybridized carbons (Fsp3) is 0.0952. The fourth-order valence-electron chi connectivity index (χ4n) is 3.41. The molecule has 0 radical (unpaired) electrons. The smallest absolute Gasteiger partial charge is 0.260 e. The number of hydrogen-bond donors (Lipinski definition) is 1. The van der Waals surface area contributed by atoms with Crippen LogP contribution in [0, 0.1) is 36.0 Å². The molecular formula is C21H13F5N2O. The zero-order chi connectivity index (χ0) is 20.9. The second kappa shape index (κ2) is 6.88. The van der Waals surface area contributed by atoms with Gasteiger partial charge in [0.05, 0.1) is 0 Å². The summed E-state index contributed by atoms with van der Waals surface area (Å²) in [6.07, 6.45) is -1.17. The number of aryl methyl sites for hydroxylation is 1. The molecule has 1 atom stereocenters. The molecule has 1 aliphatic rings. The van der Waals surface area contributed by atoms with Crippen LogP contribution in [-0.4, -0.2) is 5.91 Å². The summed E-state index contributed by atoms with van der Waals surface area (Å²) < 4.78 is 69.2. The Hall–Kier alpha value is -3.42. The van der Waals surface area contributed by atoms with Gasteiger partial charge in [-0.15, -0.1) is 0 Å². The van der Waals surface area contributed by atoms with Crippen molar-refractivity contribution in [2.24, 2.45) is 0 Å². The van der Waals surface area contributed by atoms with E-state index < -0.39 is 46.8 Å². The number of nitrogens with one attached hydrogen (secondary N) is 1. The van der Waals surface area contributed by atoms with Crippen molar-refractivity contribution in [3.63, 3.8) is 0 Å². The van der Waals surface area contributed by atoms with E-state index in [-0.39, 0.29) is 5.56 Å². The predicted octanol–water partition coefficient (Wildman–Crippen LogP) is 5.46. The number of nitrogens with zero attached hydrogens (tertiary/aromatic N) is 1. The summed E-state index contributed by atoms with van der Waals surface area (Å²) in [5.74, 6) is -10.8. The SMILES string of the molecule is Cc1ccccc1N1C(=O)c2ccccc2[C@@H]1Nc1c(F)c(F)c(F)c(F)c1F. The topological polar surface area (TPSA) is 32.3 Å². The van der Waals surface area contributed by atoms with Gasteiger partial charge in [-0.2, -0.15) is 0 Å². The maximum Gasteiger partial charge on any atom is 0.260 e. The van der Waals surface area contributed by atoms with Crippen LogP contribution < -0.4 is 10.2 Å². The summed E-state index contributed by atoms with van der Waals surface area (Å²) >= 11 is 0. The van der Waals surface area contributed by atoms with Crippen LogP contribution in [0.15, 0.2) is 48.5 Å². The first-order valence-electron chi connectivity index (χ1n) is 8.59. The first kappa shape index (κ1) is 18.9. The van der Waals surface area contributed by atoms with E-state index >= 15 is 0 Å². The third kappa shape index (κ3) is 2.83. The molecule has 0 bridgehead atoms. The van der Waals surface area contributed by atoms with Gasteiger partial charge in [-0.05, 0) is 24.6 Å². The Bertz CT molecular complexity index is 1120. The van der Waals surface area contributed by atoms with Crippen molar-refractivity contribution >= 4 is 17.3 Å². The van der Waals surface area contributed by atoms with Crippen molar-refractivity contribution in [1.82, 2.24) is 0 Å². The number of hydrogen-bond acceptors (Lipinski definition) is 2. The van der Waals surface area contributed by atoms with Crippen LogP contribution in [-0.2, 0) is 0 Å². The van der Waals surface area contributed by atoms with Crippen molar-refractivity contribution in [2.75, 3.05) is 10.2 Å². The molecule has 0 aliphatic carbocycles. The quantitative estimate of drug-likeness (QED) is 0.357. The van der Waals surface area contributed by atoms with Gasteiger partial charge in [-0.3, -0.25) is 9.69 Å². The highest BCUT2D eigenvalue weighted by molar-refractivity contribution is 6.11. The highest BCUT2D eigenvalue weighted by Gasteiger charge is 2.39. The maximum atomic E-state index is 14.3. The standard InChI is InChI=1S/C21H13F5N2O/c1-10-6-2-5-9-13(10)28-20(11-7-3-4-8-12(11)21(28)29)27-19-17(25)15(23)14(22)16(24)18(19)26/h2-9,20,27H,1H3/t20-/m1/s1. The van der Waals surface area contributed by atoms with Crippen LogP contribution >= 0.6 is 0 Å². The van der Waals surface area contributed by atoms with Crippen molar-refractivity contribution in [2.45, 2.75) is 13.1 Å². The molecule has 0 unspecified atom stereocenters. The Morgan fingerprint density at radius 1 is 0.793 bits per heavy atom. The molecule has 3 aromatic carbocycles. The number of carbonyl (C=O) groups is 1. The molecule has 3 nitrogen and oxygen atoms in total. The largest absolute Gasteiger partial charge is 0.356 e. The minimum absolute atomic E-state index is 0.261. The number of halogens is 5. The van der Waals surface area contributed by atoms with Crippen LogP contribution in [0.2, 0.25) is 0 Å². The monoisotopic (exact) mass is 404 g/mol. The molecule has 1 N–H and O–H groups in total.